The van der Waals surface area contributed by atoms with E-state index in [4.69, 9.17) is 0 Å². The normalized spacial score (nSPS) is 32.7. The van der Waals surface area contributed by atoms with Crippen LogP contribution in [0.3, 0.4) is 0 Å². The van der Waals surface area contributed by atoms with Gasteiger partial charge < -0.3 is 15.5 Å². The monoisotopic (exact) mass is 396 g/mol. The Balaban J connectivity index is 1.20. The molecule has 0 aliphatic carbocycles. The van der Waals surface area contributed by atoms with Crippen LogP contribution in [-0.4, -0.2) is 55.6 Å². The fourth-order valence-electron chi connectivity index (χ4n) is 6.21. The van der Waals surface area contributed by atoms with Gasteiger partial charge in [0, 0.05) is 30.9 Å². The summed E-state index contributed by atoms with van der Waals surface area (Å²) in [4.78, 5) is 18.1. The number of carbonyl (C=O) groups excluding carboxylic acids is 1. The van der Waals surface area contributed by atoms with Gasteiger partial charge in [-0.15, -0.1) is 0 Å². The van der Waals surface area contributed by atoms with Gasteiger partial charge in [0.05, 0.1) is 11.5 Å². The maximum Gasteiger partial charge on any atom is 0.226 e. The number of nitrogens with zero attached hydrogens (tertiary/aromatic N) is 2. The molecular weight excluding hydrogens is 360 g/mol. The van der Waals surface area contributed by atoms with Gasteiger partial charge in [-0.3, -0.25) is 9.69 Å². The van der Waals surface area contributed by atoms with Gasteiger partial charge in [0.1, 0.15) is 0 Å². The molecule has 0 bridgehead atoms. The lowest BCUT2D eigenvalue weighted by atomic mass is 9.71. The maximum absolute atomic E-state index is 12.9. The summed E-state index contributed by atoms with van der Waals surface area (Å²) in [7, 11) is 0. The molecular formula is C24H36N4O. The number of rotatable bonds is 3. The van der Waals surface area contributed by atoms with Gasteiger partial charge in [-0.2, -0.15) is 0 Å². The van der Waals surface area contributed by atoms with Crippen LogP contribution in [0.15, 0.2) is 24.3 Å². The second-order valence-corrected chi connectivity index (χ2v) is 9.80. The highest BCUT2D eigenvalue weighted by atomic mass is 16.2. The summed E-state index contributed by atoms with van der Waals surface area (Å²) in [5.41, 5.74) is 2.48. The maximum atomic E-state index is 12.9. The molecule has 3 atom stereocenters. The summed E-state index contributed by atoms with van der Waals surface area (Å²) in [6.45, 7) is 7.92. The Kier molecular flexibility index (Phi) is 5.29. The summed E-state index contributed by atoms with van der Waals surface area (Å²) in [5, 5.41) is 6.73. The van der Waals surface area contributed by atoms with Crippen LogP contribution in [0.25, 0.3) is 0 Å². The molecule has 4 aliphatic rings. The number of benzene rings is 1. The molecule has 4 aliphatic heterocycles. The highest BCUT2D eigenvalue weighted by Gasteiger charge is 2.43. The van der Waals surface area contributed by atoms with Crippen molar-refractivity contribution in [2.45, 2.75) is 70.0 Å². The zero-order valence-corrected chi connectivity index (χ0v) is 17.8. The van der Waals surface area contributed by atoms with Crippen LogP contribution in [0.2, 0.25) is 0 Å². The quantitative estimate of drug-likeness (QED) is 0.824. The van der Waals surface area contributed by atoms with Gasteiger partial charge in [0.15, 0.2) is 0 Å². The standard InChI is InChI=1S/C24H36N4O/c1-18-3-2-15-28(18)21-9-16-27(17-21)20-6-4-19(5-7-20)22-8-10-24(23(29)26-22)11-13-25-14-12-24/h4-7,18,21-22,25H,2-3,8-17H2,1H3,(H,26,29)/t18-,21-,22?/m0/s1. The van der Waals surface area contributed by atoms with Gasteiger partial charge in [-0.25, -0.2) is 0 Å². The number of piperidine rings is 2. The Hall–Kier alpha value is -1.59. The summed E-state index contributed by atoms with van der Waals surface area (Å²) in [6, 6.07) is 10.7. The first kappa shape index (κ1) is 19.4. The number of amides is 1. The zero-order valence-electron chi connectivity index (χ0n) is 17.8. The first-order chi connectivity index (χ1) is 14.1. The first-order valence-electron chi connectivity index (χ1n) is 11.8. The minimum atomic E-state index is -0.112. The Morgan fingerprint density at radius 3 is 2.48 bits per heavy atom. The minimum absolute atomic E-state index is 0.112. The largest absolute Gasteiger partial charge is 0.370 e. The van der Waals surface area contributed by atoms with Crippen molar-refractivity contribution in [2.75, 3.05) is 37.6 Å². The van der Waals surface area contributed by atoms with Gasteiger partial charge in [-0.05, 0) is 89.2 Å². The third kappa shape index (κ3) is 3.68. The molecule has 0 saturated carbocycles. The molecule has 1 unspecified atom stereocenters. The fourth-order valence-corrected chi connectivity index (χ4v) is 6.21. The number of carbonyl (C=O) groups is 1. The molecule has 1 aromatic rings. The molecule has 0 aromatic heterocycles. The van der Waals surface area contributed by atoms with Crippen molar-refractivity contribution in [2.24, 2.45) is 5.41 Å². The summed E-state index contributed by atoms with van der Waals surface area (Å²) >= 11 is 0. The number of hydrogen-bond donors (Lipinski definition) is 2. The number of anilines is 1. The molecule has 5 nitrogen and oxygen atoms in total. The average molecular weight is 397 g/mol. The van der Waals surface area contributed by atoms with E-state index in [1.165, 1.54) is 37.1 Å². The zero-order chi connectivity index (χ0) is 19.8. The van der Waals surface area contributed by atoms with Crippen LogP contribution in [0.1, 0.15) is 63.5 Å². The van der Waals surface area contributed by atoms with Gasteiger partial charge >= 0.3 is 0 Å². The average Bonchev–Trinajstić information content (AvgIpc) is 3.40. The van der Waals surface area contributed by atoms with E-state index in [9.17, 15) is 4.79 Å². The van der Waals surface area contributed by atoms with Crippen LogP contribution in [-0.2, 0) is 4.79 Å². The third-order valence-corrected chi connectivity index (χ3v) is 8.16. The SMILES string of the molecule is C[C@H]1CCCN1[C@H]1CCN(c2ccc(C3CCC4(CCNCC4)C(=O)N3)cc2)C1. The van der Waals surface area contributed by atoms with Crippen LogP contribution in [0.4, 0.5) is 5.69 Å². The lowest BCUT2D eigenvalue weighted by molar-refractivity contribution is -0.136. The Bertz CT molecular complexity index is 727. The molecule has 1 aromatic carbocycles. The molecule has 1 amide bonds. The Labute approximate surface area is 175 Å². The van der Waals surface area contributed by atoms with E-state index in [-0.39, 0.29) is 17.4 Å². The van der Waals surface area contributed by atoms with E-state index >= 15 is 0 Å². The van der Waals surface area contributed by atoms with E-state index in [0.29, 0.717) is 6.04 Å². The van der Waals surface area contributed by atoms with Crippen molar-refractivity contribution in [1.82, 2.24) is 15.5 Å². The van der Waals surface area contributed by atoms with Gasteiger partial charge in [-0.1, -0.05) is 12.1 Å². The lowest BCUT2D eigenvalue weighted by Gasteiger charge is -2.42. The highest BCUT2D eigenvalue weighted by Crippen LogP contribution is 2.41. The van der Waals surface area contributed by atoms with E-state index in [1.807, 2.05) is 0 Å². The fraction of sp³-hybridized carbons (Fsp3) is 0.708. The van der Waals surface area contributed by atoms with Crippen LogP contribution >= 0.6 is 0 Å². The highest BCUT2D eigenvalue weighted by molar-refractivity contribution is 5.84. The third-order valence-electron chi connectivity index (χ3n) is 8.16. The van der Waals surface area contributed by atoms with Crippen molar-refractivity contribution in [3.05, 3.63) is 29.8 Å². The Morgan fingerprint density at radius 1 is 1.00 bits per heavy atom. The number of likely N-dealkylation sites (tertiary alicyclic amines) is 1. The number of nitrogens with one attached hydrogen (secondary N) is 2. The van der Waals surface area contributed by atoms with E-state index in [1.54, 1.807) is 0 Å². The minimum Gasteiger partial charge on any atom is -0.370 e. The summed E-state index contributed by atoms with van der Waals surface area (Å²) < 4.78 is 0. The summed E-state index contributed by atoms with van der Waals surface area (Å²) in [6.07, 6.45) is 8.04. The molecule has 4 heterocycles. The molecule has 4 fully saturated rings. The first-order valence-corrected chi connectivity index (χ1v) is 11.8. The van der Waals surface area contributed by atoms with Crippen molar-refractivity contribution in [3.63, 3.8) is 0 Å². The van der Waals surface area contributed by atoms with Crippen LogP contribution in [0, 0.1) is 5.41 Å². The second kappa shape index (κ2) is 7.92. The van der Waals surface area contributed by atoms with Crippen molar-refractivity contribution >= 4 is 11.6 Å². The molecule has 5 heteroatoms. The molecule has 0 radical (unpaired) electrons. The lowest BCUT2D eigenvalue weighted by Crippen LogP contribution is -2.51. The molecule has 2 N–H and O–H groups in total. The summed E-state index contributed by atoms with van der Waals surface area (Å²) in [5.74, 6) is 0.279. The predicted molar refractivity (Wildman–Crippen MR) is 117 cm³/mol. The van der Waals surface area contributed by atoms with E-state index in [2.05, 4.69) is 51.6 Å². The van der Waals surface area contributed by atoms with Crippen molar-refractivity contribution in [3.8, 4) is 0 Å². The van der Waals surface area contributed by atoms with Gasteiger partial charge in [0.25, 0.3) is 0 Å². The topological polar surface area (TPSA) is 47.6 Å². The molecule has 1 spiro atoms. The van der Waals surface area contributed by atoms with Crippen molar-refractivity contribution < 1.29 is 4.79 Å². The van der Waals surface area contributed by atoms with Crippen LogP contribution < -0.4 is 15.5 Å². The molecule has 158 valence electrons. The van der Waals surface area contributed by atoms with Crippen LogP contribution in [0.5, 0.6) is 0 Å². The number of hydrogen-bond acceptors (Lipinski definition) is 4. The molecule has 4 saturated heterocycles. The molecule has 29 heavy (non-hydrogen) atoms. The van der Waals surface area contributed by atoms with Gasteiger partial charge in [0.2, 0.25) is 5.91 Å². The van der Waals surface area contributed by atoms with E-state index in [0.717, 1.165) is 57.9 Å². The molecule has 5 rings (SSSR count). The second-order valence-electron chi connectivity index (χ2n) is 9.80. The predicted octanol–water partition coefficient (Wildman–Crippen LogP) is 3.07. The van der Waals surface area contributed by atoms with Crippen molar-refractivity contribution in [1.29, 1.82) is 0 Å². The smallest absolute Gasteiger partial charge is 0.226 e. The van der Waals surface area contributed by atoms with E-state index < -0.39 is 0 Å². The Morgan fingerprint density at radius 2 is 1.79 bits per heavy atom.